The van der Waals surface area contributed by atoms with Crippen LogP contribution in [0.15, 0.2) is 54.9 Å². The monoisotopic (exact) mass is 562 g/mol. The van der Waals surface area contributed by atoms with Gasteiger partial charge < -0.3 is 25.7 Å². The number of hydrogen-bond donors (Lipinski definition) is 4. The highest BCUT2D eigenvalue weighted by Gasteiger charge is 2.34. The number of rotatable bonds is 6. The van der Waals surface area contributed by atoms with Crippen LogP contribution in [0.1, 0.15) is 11.1 Å². The van der Waals surface area contributed by atoms with Gasteiger partial charge in [0.1, 0.15) is 23.0 Å². The summed E-state index contributed by atoms with van der Waals surface area (Å²) in [4.78, 5) is 21.4. The normalized spacial score (nSPS) is 14.4. The van der Waals surface area contributed by atoms with E-state index in [1.807, 2.05) is 4.90 Å². The van der Waals surface area contributed by atoms with E-state index in [1.165, 1.54) is 30.5 Å². The van der Waals surface area contributed by atoms with Gasteiger partial charge in [-0.25, -0.2) is 14.2 Å². The Balaban J connectivity index is 1.27. The van der Waals surface area contributed by atoms with E-state index < -0.39 is 23.6 Å². The molecule has 0 saturated carbocycles. The highest BCUT2D eigenvalue weighted by atomic mass is 35.5. The van der Waals surface area contributed by atoms with Crippen molar-refractivity contribution in [3.8, 4) is 11.5 Å². The van der Waals surface area contributed by atoms with Gasteiger partial charge in [0.15, 0.2) is 0 Å². The van der Waals surface area contributed by atoms with Gasteiger partial charge in [-0.15, -0.1) is 0 Å². The number of piperazine rings is 1. The molecule has 0 spiro atoms. The van der Waals surface area contributed by atoms with Gasteiger partial charge in [0.2, 0.25) is 0 Å². The van der Waals surface area contributed by atoms with Gasteiger partial charge in [-0.3, -0.25) is 4.90 Å². The molecule has 0 aliphatic carbocycles. The zero-order valence-electron chi connectivity index (χ0n) is 20.3. The van der Waals surface area contributed by atoms with E-state index in [1.54, 1.807) is 12.3 Å². The molecule has 39 heavy (non-hydrogen) atoms. The fourth-order valence-electron chi connectivity index (χ4n) is 4.31. The summed E-state index contributed by atoms with van der Waals surface area (Å²) in [6.07, 6.45) is -1.55. The lowest BCUT2D eigenvalue weighted by Crippen LogP contribution is -2.43. The minimum atomic E-state index is -4.61. The summed E-state index contributed by atoms with van der Waals surface area (Å²) in [5.74, 6) is -0.321. The number of aromatic nitrogens is 2. The molecule has 2 aromatic heterocycles. The van der Waals surface area contributed by atoms with Gasteiger partial charge in [0.05, 0.1) is 21.7 Å². The zero-order valence-corrected chi connectivity index (χ0v) is 21.1. The number of benzene rings is 2. The van der Waals surface area contributed by atoms with Crippen LogP contribution in [-0.2, 0) is 12.7 Å². The lowest BCUT2D eigenvalue weighted by molar-refractivity contribution is -0.138. The average molecular weight is 563 g/mol. The molecule has 8 nitrogen and oxygen atoms in total. The first-order valence-corrected chi connectivity index (χ1v) is 12.4. The molecule has 0 atom stereocenters. The number of alkyl halides is 3. The van der Waals surface area contributed by atoms with Gasteiger partial charge >= 0.3 is 12.2 Å². The number of hydrogen-bond acceptors (Lipinski definition) is 5. The number of ether oxygens (including phenoxy) is 1. The second-order valence-electron chi connectivity index (χ2n) is 8.89. The number of nitrogens with zero attached hydrogens (tertiary/aromatic N) is 2. The lowest BCUT2D eigenvalue weighted by Gasteiger charge is -2.28. The van der Waals surface area contributed by atoms with Crippen molar-refractivity contribution >= 4 is 40.0 Å². The summed E-state index contributed by atoms with van der Waals surface area (Å²) >= 11 is 6.16. The van der Waals surface area contributed by atoms with Gasteiger partial charge in [0.25, 0.3) is 0 Å². The number of fused-ring (bicyclic) bond motifs is 1. The first-order valence-electron chi connectivity index (χ1n) is 12.0. The standard InChI is InChI=1S/C26H23ClF4N6O2/c27-19-13-34-24-23(19)22(5-6-33-24)39-17-3-4-21(20(28)12-17)36-25(38)35-16-2-1-15(18(11-16)26(29,30)31)14-37-9-7-32-8-10-37/h1-6,11-13,32H,7-10,14H2,(H,33,34)(H2,35,36,38). The molecular weight excluding hydrogens is 540 g/mol. The smallest absolute Gasteiger partial charge is 0.416 e. The van der Waals surface area contributed by atoms with E-state index in [2.05, 4.69) is 25.9 Å². The van der Waals surface area contributed by atoms with Crippen LogP contribution in [0.2, 0.25) is 5.02 Å². The zero-order chi connectivity index (χ0) is 27.6. The molecule has 204 valence electrons. The molecule has 1 fully saturated rings. The highest BCUT2D eigenvalue weighted by Crippen LogP contribution is 2.36. The molecule has 0 radical (unpaired) electrons. The molecular formula is C26H23ClF4N6O2. The van der Waals surface area contributed by atoms with Crippen molar-refractivity contribution in [3.05, 3.63) is 76.8 Å². The Bertz CT molecular complexity index is 1500. The first-order chi connectivity index (χ1) is 18.7. The molecule has 4 N–H and O–H groups in total. The minimum Gasteiger partial charge on any atom is -0.456 e. The van der Waals surface area contributed by atoms with Crippen LogP contribution in [0.4, 0.5) is 33.7 Å². The number of urea groups is 1. The summed E-state index contributed by atoms with van der Waals surface area (Å²) < 4.78 is 61.8. The van der Waals surface area contributed by atoms with Crippen molar-refractivity contribution in [1.82, 2.24) is 20.2 Å². The van der Waals surface area contributed by atoms with Crippen LogP contribution in [0, 0.1) is 5.82 Å². The number of nitrogens with one attached hydrogen (secondary N) is 4. The number of amides is 2. The van der Waals surface area contributed by atoms with Crippen LogP contribution in [0.25, 0.3) is 11.0 Å². The predicted octanol–water partition coefficient (Wildman–Crippen LogP) is 6.22. The highest BCUT2D eigenvalue weighted by molar-refractivity contribution is 6.36. The Hall–Kier alpha value is -3.87. The Labute approximate surface area is 225 Å². The molecule has 1 saturated heterocycles. The number of halogens is 5. The number of pyridine rings is 1. The van der Waals surface area contributed by atoms with E-state index in [9.17, 15) is 22.4 Å². The number of anilines is 2. The summed E-state index contributed by atoms with van der Waals surface area (Å²) in [5.41, 5.74) is -0.484. The average Bonchev–Trinajstić information content (AvgIpc) is 3.28. The third-order valence-electron chi connectivity index (χ3n) is 6.18. The molecule has 2 aromatic carbocycles. The van der Waals surface area contributed by atoms with Crippen LogP contribution < -0.4 is 20.7 Å². The van der Waals surface area contributed by atoms with Gasteiger partial charge in [-0.05, 0) is 35.9 Å². The van der Waals surface area contributed by atoms with Crippen molar-refractivity contribution < 1.29 is 27.1 Å². The second-order valence-corrected chi connectivity index (χ2v) is 9.30. The number of H-pyrrole nitrogens is 1. The third kappa shape index (κ3) is 6.24. The maximum Gasteiger partial charge on any atom is 0.416 e. The Morgan fingerprint density at radius 3 is 2.64 bits per heavy atom. The molecule has 0 bridgehead atoms. The van der Waals surface area contributed by atoms with Crippen molar-refractivity contribution in [2.75, 3.05) is 36.8 Å². The molecule has 2 amide bonds. The van der Waals surface area contributed by atoms with Crippen LogP contribution in [-0.4, -0.2) is 47.1 Å². The maximum atomic E-state index is 14.8. The molecule has 1 aliphatic heterocycles. The summed E-state index contributed by atoms with van der Waals surface area (Å²) in [6, 6.07) is 8.06. The number of carbonyl (C=O) groups is 1. The largest absolute Gasteiger partial charge is 0.456 e. The van der Waals surface area contributed by atoms with Gasteiger partial charge in [0, 0.05) is 56.9 Å². The van der Waals surface area contributed by atoms with Crippen molar-refractivity contribution in [2.45, 2.75) is 12.7 Å². The third-order valence-corrected chi connectivity index (χ3v) is 6.48. The van der Waals surface area contributed by atoms with Crippen molar-refractivity contribution in [3.63, 3.8) is 0 Å². The first kappa shape index (κ1) is 26.7. The van der Waals surface area contributed by atoms with Gasteiger partial charge in [-0.1, -0.05) is 17.7 Å². The van der Waals surface area contributed by atoms with Gasteiger partial charge in [-0.2, -0.15) is 13.2 Å². The Morgan fingerprint density at radius 2 is 1.90 bits per heavy atom. The topological polar surface area (TPSA) is 94.3 Å². The summed E-state index contributed by atoms with van der Waals surface area (Å²) in [7, 11) is 0. The fourth-order valence-corrected chi connectivity index (χ4v) is 4.55. The van der Waals surface area contributed by atoms with E-state index in [0.29, 0.717) is 48.0 Å². The SMILES string of the molecule is O=C(Nc1ccc(CN2CCNCC2)c(C(F)(F)F)c1)Nc1ccc(Oc2ccnc3[nH]cc(Cl)c23)cc1F. The molecule has 3 heterocycles. The van der Waals surface area contributed by atoms with E-state index >= 15 is 0 Å². The molecule has 4 aromatic rings. The molecule has 0 unspecified atom stereocenters. The maximum absolute atomic E-state index is 14.8. The van der Waals surface area contributed by atoms with E-state index in [4.69, 9.17) is 16.3 Å². The number of carbonyl (C=O) groups excluding carboxylic acids is 1. The van der Waals surface area contributed by atoms with Crippen molar-refractivity contribution in [2.24, 2.45) is 0 Å². The van der Waals surface area contributed by atoms with E-state index in [0.717, 1.165) is 12.1 Å². The molecule has 13 heteroatoms. The van der Waals surface area contributed by atoms with E-state index in [-0.39, 0.29) is 29.2 Å². The Kier molecular flexibility index (Phi) is 7.60. The summed E-state index contributed by atoms with van der Waals surface area (Å²) in [5, 5.41) is 8.72. The van der Waals surface area contributed by atoms with Crippen molar-refractivity contribution in [1.29, 1.82) is 0 Å². The second kappa shape index (κ2) is 11.1. The Morgan fingerprint density at radius 1 is 1.10 bits per heavy atom. The van der Waals surface area contributed by atoms with Crippen LogP contribution in [0.5, 0.6) is 11.5 Å². The van der Waals surface area contributed by atoms with Crippen LogP contribution in [0.3, 0.4) is 0 Å². The minimum absolute atomic E-state index is 0.0747. The molecule has 1 aliphatic rings. The fraction of sp³-hybridized carbons (Fsp3) is 0.231. The number of aromatic amines is 1. The quantitative estimate of drug-likeness (QED) is 0.209. The van der Waals surface area contributed by atoms with Crippen LogP contribution >= 0.6 is 11.6 Å². The summed E-state index contributed by atoms with van der Waals surface area (Å²) in [6.45, 7) is 2.84. The molecule has 5 rings (SSSR count). The predicted molar refractivity (Wildman–Crippen MR) is 140 cm³/mol. The lowest BCUT2D eigenvalue weighted by atomic mass is 10.0.